The largest absolute Gasteiger partial charge is 0.347 e. The van der Waals surface area contributed by atoms with Crippen molar-refractivity contribution in [1.29, 1.82) is 0 Å². The number of rotatable bonds is 4. The van der Waals surface area contributed by atoms with Crippen molar-refractivity contribution in [1.82, 2.24) is 20.1 Å². The summed E-state index contributed by atoms with van der Waals surface area (Å²) in [7, 11) is 0. The third-order valence-electron chi connectivity index (χ3n) is 4.51. The molecule has 0 aliphatic carbocycles. The average Bonchev–Trinajstić information content (AvgIpc) is 3.19. The molecule has 0 unspecified atom stereocenters. The van der Waals surface area contributed by atoms with E-state index in [1.165, 1.54) is 5.52 Å². The fraction of sp³-hybridized carbons (Fsp3) is 0.333. The van der Waals surface area contributed by atoms with Crippen molar-refractivity contribution < 1.29 is 4.79 Å². The number of hydrogen-bond acceptors (Lipinski definition) is 3. The topological polar surface area (TPSA) is 74.7 Å². The zero-order chi connectivity index (χ0) is 16.5. The number of hydrogen-bond donors (Lipinski definition) is 3. The van der Waals surface area contributed by atoms with Crippen LogP contribution in [0, 0.1) is 0 Å². The summed E-state index contributed by atoms with van der Waals surface area (Å²) < 4.78 is 2.23. The van der Waals surface area contributed by atoms with E-state index in [9.17, 15) is 4.79 Å². The van der Waals surface area contributed by atoms with Gasteiger partial charge in [-0.25, -0.2) is 0 Å². The minimum atomic E-state index is -0.163. The standard InChI is InChI=1S/C18H21N5O/c1-2-8-23-9-6-12-10-13(3-4-16(12)23)20-18(24)17-14-11-19-7-5-15(14)21-22-17/h3-4,6,9-10,19H,2,5,7-8,11H2,1H3,(H,20,24)(H,21,22). The van der Waals surface area contributed by atoms with Gasteiger partial charge in [-0.1, -0.05) is 6.92 Å². The molecule has 6 heteroatoms. The Morgan fingerprint density at radius 3 is 3.17 bits per heavy atom. The van der Waals surface area contributed by atoms with Gasteiger partial charge in [0.1, 0.15) is 0 Å². The lowest BCUT2D eigenvalue weighted by Gasteiger charge is -2.13. The Bertz CT molecular complexity index is 892. The van der Waals surface area contributed by atoms with Crippen LogP contribution in [0.5, 0.6) is 0 Å². The minimum Gasteiger partial charge on any atom is -0.347 e. The smallest absolute Gasteiger partial charge is 0.276 e. The van der Waals surface area contributed by atoms with Gasteiger partial charge in [0.15, 0.2) is 5.69 Å². The fourth-order valence-electron chi connectivity index (χ4n) is 3.32. The molecule has 124 valence electrons. The number of carbonyl (C=O) groups is 1. The second-order valence-corrected chi connectivity index (χ2v) is 6.19. The monoisotopic (exact) mass is 323 g/mol. The normalized spacial score (nSPS) is 13.9. The summed E-state index contributed by atoms with van der Waals surface area (Å²) in [5.41, 5.74) is 4.51. The highest BCUT2D eigenvalue weighted by Crippen LogP contribution is 2.22. The zero-order valence-electron chi connectivity index (χ0n) is 13.7. The quantitative estimate of drug-likeness (QED) is 0.691. The van der Waals surface area contributed by atoms with E-state index in [-0.39, 0.29) is 5.91 Å². The van der Waals surface area contributed by atoms with E-state index < -0.39 is 0 Å². The maximum atomic E-state index is 12.6. The third-order valence-corrected chi connectivity index (χ3v) is 4.51. The number of nitrogens with one attached hydrogen (secondary N) is 3. The Labute approximate surface area is 140 Å². The van der Waals surface area contributed by atoms with Crippen LogP contribution < -0.4 is 10.6 Å². The van der Waals surface area contributed by atoms with Crippen LogP contribution in [0.3, 0.4) is 0 Å². The molecule has 0 spiro atoms. The summed E-state index contributed by atoms with van der Waals surface area (Å²) in [4.78, 5) is 12.6. The van der Waals surface area contributed by atoms with Crippen LogP contribution in [-0.4, -0.2) is 27.2 Å². The summed E-state index contributed by atoms with van der Waals surface area (Å²) in [6.07, 6.45) is 4.07. The Balaban J connectivity index is 1.57. The van der Waals surface area contributed by atoms with E-state index in [4.69, 9.17) is 0 Å². The molecule has 0 saturated carbocycles. The van der Waals surface area contributed by atoms with Crippen LogP contribution in [0.4, 0.5) is 5.69 Å². The van der Waals surface area contributed by atoms with Crippen molar-refractivity contribution in [3.05, 3.63) is 47.4 Å². The molecule has 4 rings (SSSR count). The van der Waals surface area contributed by atoms with Crippen molar-refractivity contribution in [3.8, 4) is 0 Å². The summed E-state index contributed by atoms with van der Waals surface area (Å²) >= 11 is 0. The van der Waals surface area contributed by atoms with Gasteiger partial charge < -0.3 is 15.2 Å². The molecule has 1 aromatic carbocycles. The molecule has 0 bridgehead atoms. The molecule has 0 atom stereocenters. The number of H-pyrrole nitrogens is 1. The highest BCUT2D eigenvalue weighted by Gasteiger charge is 2.21. The number of aromatic amines is 1. The van der Waals surface area contributed by atoms with Crippen LogP contribution >= 0.6 is 0 Å². The molecule has 0 radical (unpaired) electrons. The predicted molar refractivity (Wildman–Crippen MR) is 94.2 cm³/mol. The number of benzene rings is 1. The van der Waals surface area contributed by atoms with Gasteiger partial charge in [-0.3, -0.25) is 9.89 Å². The maximum Gasteiger partial charge on any atom is 0.276 e. The van der Waals surface area contributed by atoms with E-state index in [1.807, 2.05) is 12.1 Å². The lowest BCUT2D eigenvalue weighted by molar-refractivity contribution is 0.102. The van der Waals surface area contributed by atoms with Gasteiger partial charge >= 0.3 is 0 Å². The molecule has 1 aliphatic rings. The first-order valence-electron chi connectivity index (χ1n) is 8.43. The lowest BCUT2D eigenvalue weighted by atomic mass is 10.1. The zero-order valence-corrected chi connectivity index (χ0v) is 13.7. The molecule has 6 nitrogen and oxygen atoms in total. The molecule has 2 aromatic heterocycles. The highest BCUT2D eigenvalue weighted by atomic mass is 16.1. The van der Waals surface area contributed by atoms with E-state index in [1.54, 1.807) is 0 Å². The number of anilines is 1. The van der Waals surface area contributed by atoms with E-state index >= 15 is 0 Å². The van der Waals surface area contributed by atoms with Crippen LogP contribution in [0.1, 0.15) is 35.1 Å². The summed E-state index contributed by atoms with van der Waals surface area (Å²) in [6.45, 7) is 4.77. The highest BCUT2D eigenvalue weighted by molar-refractivity contribution is 6.05. The third kappa shape index (κ3) is 2.59. The van der Waals surface area contributed by atoms with Gasteiger partial charge in [0.2, 0.25) is 0 Å². The molecular formula is C18H21N5O. The van der Waals surface area contributed by atoms with Gasteiger partial charge in [-0.15, -0.1) is 0 Å². The Hall–Kier alpha value is -2.60. The number of fused-ring (bicyclic) bond motifs is 2. The summed E-state index contributed by atoms with van der Waals surface area (Å²) in [5, 5.41) is 14.6. The molecule has 0 fully saturated rings. The molecule has 3 N–H and O–H groups in total. The van der Waals surface area contributed by atoms with Crippen molar-refractivity contribution in [2.45, 2.75) is 32.9 Å². The number of aromatic nitrogens is 3. The predicted octanol–water partition coefficient (Wildman–Crippen LogP) is 2.67. The van der Waals surface area contributed by atoms with Crippen LogP contribution in [0.15, 0.2) is 30.5 Å². The van der Waals surface area contributed by atoms with E-state index in [2.05, 4.69) is 50.7 Å². The van der Waals surface area contributed by atoms with Crippen molar-refractivity contribution >= 4 is 22.5 Å². The second kappa shape index (κ2) is 6.13. The van der Waals surface area contributed by atoms with Crippen molar-refractivity contribution in [2.24, 2.45) is 0 Å². The molecule has 0 saturated heterocycles. The van der Waals surface area contributed by atoms with Crippen molar-refractivity contribution in [2.75, 3.05) is 11.9 Å². The maximum absolute atomic E-state index is 12.6. The van der Waals surface area contributed by atoms with Gasteiger partial charge in [-0.05, 0) is 30.7 Å². The molecule has 1 amide bonds. The SMILES string of the molecule is CCCn1ccc2cc(NC(=O)c3n[nH]c4c3CNCC4)ccc21. The number of nitrogens with zero attached hydrogens (tertiary/aromatic N) is 2. The van der Waals surface area contributed by atoms with Gasteiger partial charge in [0, 0.05) is 60.1 Å². The Morgan fingerprint density at radius 2 is 2.29 bits per heavy atom. The first-order chi connectivity index (χ1) is 11.8. The fourth-order valence-corrected chi connectivity index (χ4v) is 3.32. The number of aryl methyl sites for hydroxylation is 1. The van der Waals surface area contributed by atoms with Gasteiger partial charge in [0.25, 0.3) is 5.91 Å². The Morgan fingerprint density at radius 1 is 1.38 bits per heavy atom. The van der Waals surface area contributed by atoms with Gasteiger partial charge in [0.05, 0.1) is 0 Å². The summed E-state index contributed by atoms with van der Waals surface area (Å²) in [5.74, 6) is -0.163. The minimum absolute atomic E-state index is 0.163. The van der Waals surface area contributed by atoms with E-state index in [0.29, 0.717) is 12.2 Å². The molecule has 3 heterocycles. The second-order valence-electron chi connectivity index (χ2n) is 6.19. The van der Waals surface area contributed by atoms with Crippen LogP contribution in [-0.2, 0) is 19.5 Å². The molecule has 24 heavy (non-hydrogen) atoms. The Kier molecular flexibility index (Phi) is 3.82. The van der Waals surface area contributed by atoms with Crippen molar-refractivity contribution in [3.63, 3.8) is 0 Å². The molecule has 1 aliphatic heterocycles. The average molecular weight is 323 g/mol. The molecule has 3 aromatic rings. The van der Waals surface area contributed by atoms with Crippen LogP contribution in [0.25, 0.3) is 10.9 Å². The first kappa shape index (κ1) is 15.0. The van der Waals surface area contributed by atoms with Gasteiger partial charge in [-0.2, -0.15) is 5.10 Å². The summed E-state index contributed by atoms with van der Waals surface area (Å²) in [6, 6.07) is 8.10. The number of carbonyl (C=O) groups excluding carboxylic acids is 1. The van der Waals surface area contributed by atoms with Crippen LogP contribution in [0.2, 0.25) is 0 Å². The lowest BCUT2D eigenvalue weighted by Crippen LogP contribution is -2.25. The molecular weight excluding hydrogens is 302 g/mol. The first-order valence-corrected chi connectivity index (χ1v) is 8.43. The van der Waals surface area contributed by atoms with E-state index in [0.717, 1.165) is 48.3 Å². The number of amides is 1.